The monoisotopic (exact) mass is 204 g/mol. The second kappa shape index (κ2) is 4.73. The van der Waals surface area contributed by atoms with E-state index in [9.17, 15) is 0 Å². The van der Waals surface area contributed by atoms with Crippen molar-refractivity contribution < 1.29 is 0 Å². The molecule has 1 aromatic rings. The first kappa shape index (κ1) is 10.7. The van der Waals surface area contributed by atoms with Crippen molar-refractivity contribution in [3.63, 3.8) is 0 Å². The second-order valence-electron chi connectivity index (χ2n) is 3.21. The molecule has 72 valence electrons. The summed E-state index contributed by atoms with van der Waals surface area (Å²) in [4.78, 5) is 2.45. The molecule has 0 N–H and O–H groups in total. The summed E-state index contributed by atoms with van der Waals surface area (Å²) in [6.45, 7) is 0. The highest BCUT2D eigenvalue weighted by Crippen LogP contribution is 2.17. The van der Waals surface area contributed by atoms with Gasteiger partial charge < -0.3 is 4.90 Å². The smallest absolute Gasteiger partial charge is 0.122 e. The number of rotatable bonds is 2. The summed E-state index contributed by atoms with van der Waals surface area (Å²) in [7, 11) is 3.71. The molecule has 0 aliphatic heterocycles. The highest BCUT2D eigenvalue weighted by atomic mass is 32.1. The molecule has 3 heteroatoms. The number of nitriles is 1. The van der Waals surface area contributed by atoms with Crippen molar-refractivity contribution in [2.75, 3.05) is 14.1 Å². The van der Waals surface area contributed by atoms with Gasteiger partial charge >= 0.3 is 0 Å². The molecule has 0 amide bonds. The number of hydrogen-bond donors (Lipinski definition) is 0. The molecular formula is C11H12N2S. The van der Waals surface area contributed by atoms with E-state index in [2.05, 4.69) is 6.07 Å². The quantitative estimate of drug-likeness (QED) is 0.691. The Morgan fingerprint density at radius 1 is 1.36 bits per heavy atom. The van der Waals surface area contributed by atoms with E-state index in [0.717, 1.165) is 5.56 Å². The number of nitrogens with zero attached hydrogens (tertiary/aromatic N) is 2. The summed E-state index contributed by atoms with van der Waals surface area (Å²) < 4.78 is 0. The van der Waals surface area contributed by atoms with Gasteiger partial charge in [-0.3, -0.25) is 0 Å². The molecule has 0 aliphatic rings. The van der Waals surface area contributed by atoms with Crippen LogP contribution in [0.25, 0.3) is 0 Å². The Kier molecular flexibility index (Phi) is 3.61. The van der Waals surface area contributed by atoms with Crippen LogP contribution in [0.4, 0.5) is 0 Å². The summed E-state index contributed by atoms with van der Waals surface area (Å²) in [6, 6.07) is 11.8. The minimum atomic E-state index is -0.318. The predicted octanol–water partition coefficient (Wildman–Crippen LogP) is 2.18. The van der Waals surface area contributed by atoms with Crippen LogP contribution >= 0.6 is 12.2 Å². The summed E-state index contributed by atoms with van der Waals surface area (Å²) >= 11 is 5.18. The lowest BCUT2D eigenvalue weighted by Gasteiger charge is -2.18. The number of benzene rings is 1. The van der Waals surface area contributed by atoms with Gasteiger partial charge in [0.25, 0.3) is 0 Å². The van der Waals surface area contributed by atoms with E-state index in [4.69, 9.17) is 17.5 Å². The third-order valence-electron chi connectivity index (χ3n) is 1.95. The van der Waals surface area contributed by atoms with Crippen LogP contribution in [0.5, 0.6) is 0 Å². The average Bonchev–Trinajstić information content (AvgIpc) is 2.20. The molecule has 1 rings (SSSR count). The number of hydrogen-bond acceptors (Lipinski definition) is 2. The van der Waals surface area contributed by atoms with Gasteiger partial charge in [-0.15, -0.1) is 0 Å². The SMILES string of the molecule is CN(C)C(=S)C(C#N)c1ccccc1. The van der Waals surface area contributed by atoms with Crippen molar-refractivity contribution in [2.45, 2.75) is 5.92 Å². The third-order valence-corrected chi connectivity index (χ3v) is 2.55. The van der Waals surface area contributed by atoms with E-state index in [0.29, 0.717) is 4.99 Å². The van der Waals surface area contributed by atoms with Crippen LogP contribution in [0.1, 0.15) is 11.5 Å². The van der Waals surface area contributed by atoms with Crippen LogP contribution in [0.2, 0.25) is 0 Å². The Hall–Kier alpha value is -1.40. The maximum absolute atomic E-state index is 9.03. The van der Waals surface area contributed by atoms with Gasteiger partial charge in [-0.25, -0.2) is 0 Å². The van der Waals surface area contributed by atoms with Gasteiger partial charge in [-0.2, -0.15) is 5.26 Å². The molecule has 0 saturated carbocycles. The second-order valence-corrected chi connectivity index (χ2v) is 3.62. The lowest BCUT2D eigenvalue weighted by atomic mass is 10.0. The molecule has 0 radical (unpaired) electrons. The van der Waals surface area contributed by atoms with Crippen molar-refractivity contribution >= 4 is 17.2 Å². The zero-order valence-corrected chi connectivity index (χ0v) is 9.08. The van der Waals surface area contributed by atoms with Crippen LogP contribution < -0.4 is 0 Å². The summed E-state index contributed by atoms with van der Waals surface area (Å²) in [5.74, 6) is -0.318. The van der Waals surface area contributed by atoms with Crippen LogP contribution in [-0.2, 0) is 0 Å². The maximum atomic E-state index is 9.03. The van der Waals surface area contributed by atoms with E-state index in [1.165, 1.54) is 0 Å². The first-order valence-corrected chi connectivity index (χ1v) is 4.73. The van der Waals surface area contributed by atoms with Crippen molar-refractivity contribution in [3.05, 3.63) is 35.9 Å². The average molecular weight is 204 g/mol. The molecule has 0 aliphatic carbocycles. The zero-order valence-electron chi connectivity index (χ0n) is 8.27. The fourth-order valence-electron chi connectivity index (χ4n) is 1.18. The van der Waals surface area contributed by atoms with Crippen molar-refractivity contribution in [2.24, 2.45) is 0 Å². The Balaban J connectivity index is 2.96. The molecule has 2 nitrogen and oxygen atoms in total. The standard InChI is InChI=1S/C11H12N2S/c1-13(2)11(14)10(8-12)9-6-4-3-5-7-9/h3-7,10H,1-2H3. The Morgan fingerprint density at radius 3 is 2.36 bits per heavy atom. The first-order chi connectivity index (χ1) is 6.66. The van der Waals surface area contributed by atoms with Gasteiger partial charge in [-0.1, -0.05) is 42.5 Å². The molecule has 0 spiro atoms. The summed E-state index contributed by atoms with van der Waals surface area (Å²) in [5, 5.41) is 9.03. The molecule has 0 bridgehead atoms. The van der Waals surface area contributed by atoms with Gasteiger partial charge in [0.2, 0.25) is 0 Å². The van der Waals surface area contributed by atoms with E-state index in [1.54, 1.807) is 4.90 Å². The predicted molar refractivity (Wildman–Crippen MR) is 61.1 cm³/mol. The van der Waals surface area contributed by atoms with Gasteiger partial charge in [0, 0.05) is 14.1 Å². The van der Waals surface area contributed by atoms with Crippen molar-refractivity contribution in [1.29, 1.82) is 5.26 Å². The van der Waals surface area contributed by atoms with Gasteiger partial charge in [0.15, 0.2) is 0 Å². The Bertz CT molecular complexity index is 351. The van der Waals surface area contributed by atoms with Crippen molar-refractivity contribution in [1.82, 2.24) is 4.90 Å². The number of thiocarbonyl (C=S) groups is 1. The zero-order chi connectivity index (χ0) is 10.6. The largest absolute Gasteiger partial charge is 0.371 e. The molecule has 0 heterocycles. The maximum Gasteiger partial charge on any atom is 0.122 e. The van der Waals surface area contributed by atoms with E-state index in [-0.39, 0.29) is 5.92 Å². The topological polar surface area (TPSA) is 27.0 Å². The van der Waals surface area contributed by atoms with Crippen LogP contribution in [0.3, 0.4) is 0 Å². The van der Waals surface area contributed by atoms with Crippen LogP contribution in [0, 0.1) is 11.3 Å². The van der Waals surface area contributed by atoms with Gasteiger partial charge in [0.05, 0.1) is 11.1 Å². The van der Waals surface area contributed by atoms with Gasteiger partial charge in [0.1, 0.15) is 5.92 Å². The van der Waals surface area contributed by atoms with E-state index < -0.39 is 0 Å². The molecule has 0 aromatic heterocycles. The summed E-state index contributed by atoms with van der Waals surface area (Å²) in [5.41, 5.74) is 0.953. The summed E-state index contributed by atoms with van der Waals surface area (Å²) in [6.07, 6.45) is 0. The normalized spacial score (nSPS) is 11.5. The van der Waals surface area contributed by atoms with Crippen LogP contribution in [-0.4, -0.2) is 24.0 Å². The Morgan fingerprint density at radius 2 is 1.93 bits per heavy atom. The Labute approximate surface area is 89.8 Å². The molecule has 0 fully saturated rings. The van der Waals surface area contributed by atoms with Crippen molar-refractivity contribution in [3.8, 4) is 6.07 Å². The molecular weight excluding hydrogens is 192 g/mol. The third kappa shape index (κ3) is 2.30. The van der Waals surface area contributed by atoms with Gasteiger partial charge in [-0.05, 0) is 5.56 Å². The molecule has 0 saturated heterocycles. The highest BCUT2D eigenvalue weighted by Gasteiger charge is 2.16. The minimum Gasteiger partial charge on any atom is -0.371 e. The fourth-order valence-corrected chi connectivity index (χ4v) is 1.36. The highest BCUT2D eigenvalue weighted by molar-refractivity contribution is 7.80. The fraction of sp³-hybridized carbons (Fsp3) is 0.273. The van der Waals surface area contributed by atoms with E-state index >= 15 is 0 Å². The number of likely N-dealkylation sites (N-methyl/N-ethyl adjacent to an activating group) is 1. The molecule has 1 aromatic carbocycles. The van der Waals surface area contributed by atoms with E-state index in [1.807, 2.05) is 44.4 Å². The van der Waals surface area contributed by atoms with Crippen LogP contribution in [0.15, 0.2) is 30.3 Å². The lowest BCUT2D eigenvalue weighted by Crippen LogP contribution is -2.25. The minimum absolute atomic E-state index is 0.318. The molecule has 1 unspecified atom stereocenters. The lowest BCUT2D eigenvalue weighted by molar-refractivity contribution is 0.617. The molecule has 14 heavy (non-hydrogen) atoms. The first-order valence-electron chi connectivity index (χ1n) is 4.32. The molecule has 1 atom stereocenters.